The zero-order valence-electron chi connectivity index (χ0n) is 17.5. The van der Waals surface area contributed by atoms with E-state index >= 15 is 0 Å². The molecule has 0 radical (unpaired) electrons. The number of para-hydroxylation sites is 2. The lowest BCUT2D eigenvalue weighted by molar-refractivity contribution is 0.404. The minimum absolute atomic E-state index is 0.110. The van der Waals surface area contributed by atoms with E-state index in [1.807, 2.05) is 64.1 Å². The van der Waals surface area contributed by atoms with Crippen molar-refractivity contribution in [3.8, 4) is 11.5 Å². The van der Waals surface area contributed by atoms with Crippen LogP contribution in [0.3, 0.4) is 0 Å². The van der Waals surface area contributed by atoms with Gasteiger partial charge in [-0.1, -0.05) is 36.4 Å². The molecule has 2 rings (SSSR count). The molecule has 0 aromatic heterocycles. The molecule has 4 nitrogen and oxygen atoms in total. The summed E-state index contributed by atoms with van der Waals surface area (Å²) in [6.45, 7) is 8.07. The molecule has 0 aliphatic rings. The molecule has 4 heteroatoms. The summed E-state index contributed by atoms with van der Waals surface area (Å²) in [5.41, 5.74) is 13.7. The number of nitrogens with two attached hydrogens (primary N) is 2. The van der Waals surface area contributed by atoms with Gasteiger partial charge in [-0.2, -0.15) is 0 Å². The van der Waals surface area contributed by atoms with Gasteiger partial charge in [0.1, 0.15) is 11.5 Å². The summed E-state index contributed by atoms with van der Waals surface area (Å²) in [5.74, 6) is 1.32. The Kier molecular flexibility index (Phi) is 8.80. The fourth-order valence-corrected chi connectivity index (χ4v) is 2.55. The molecule has 0 heterocycles. The van der Waals surface area contributed by atoms with Crippen molar-refractivity contribution in [3.05, 3.63) is 59.7 Å². The first-order valence-corrected chi connectivity index (χ1v) is 9.48. The highest BCUT2D eigenvalue weighted by Crippen LogP contribution is 2.21. The lowest BCUT2D eigenvalue weighted by Gasteiger charge is -2.18. The number of aromatic hydroxyl groups is 1. The third-order valence-corrected chi connectivity index (χ3v) is 4.26. The molecular formula is C23H36N2O2. The number of benzene rings is 2. The van der Waals surface area contributed by atoms with Crippen LogP contribution in [0.4, 0.5) is 0 Å². The summed E-state index contributed by atoms with van der Waals surface area (Å²) < 4.78 is 5.27. The fourth-order valence-electron chi connectivity index (χ4n) is 2.55. The summed E-state index contributed by atoms with van der Waals surface area (Å²) in [7, 11) is 1.70. The van der Waals surface area contributed by atoms with Crippen LogP contribution in [0.1, 0.15) is 51.7 Å². The topological polar surface area (TPSA) is 81.5 Å². The molecule has 0 atom stereocenters. The van der Waals surface area contributed by atoms with E-state index < -0.39 is 0 Å². The maximum absolute atomic E-state index is 9.47. The van der Waals surface area contributed by atoms with Crippen LogP contribution in [-0.2, 0) is 12.8 Å². The third kappa shape index (κ3) is 10.0. The SMILES string of the molecule is CC(C)(N)CCc1ccccc1O.COc1ccccc1CCC(C)(C)N. The summed E-state index contributed by atoms with van der Waals surface area (Å²) in [6, 6.07) is 15.5. The van der Waals surface area contributed by atoms with Gasteiger partial charge in [-0.3, -0.25) is 0 Å². The van der Waals surface area contributed by atoms with Crippen LogP contribution in [0.15, 0.2) is 48.5 Å². The highest BCUT2D eigenvalue weighted by atomic mass is 16.5. The van der Waals surface area contributed by atoms with Crippen LogP contribution < -0.4 is 16.2 Å². The third-order valence-electron chi connectivity index (χ3n) is 4.26. The number of hydrogen-bond acceptors (Lipinski definition) is 4. The number of methoxy groups -OCH3 is 1. The van der Waals surface area contributed by atoms with Crippen molar-refractivity contribution in [2.24, 2.45) is 11.5 Å². The van der Waals surface area contributed by atoms with E-state index in [9.17, 15) is 5.11 Å². The highest BCUT2D eigenvalue weighted by molar-refractivity contribution is 5.33. The van der Waals surface area contributed by atoms with Crippen molar-refractivity contribution in [2.75, 3.05) is 7.11 Å². The Morgan fingerprint density at radius 1 is 0.778 bits per heavy atom. The number of ether oxygens (including phenoxy) is 1. The van der Waals surface area contributed by atoms with Crippen molar-refractivity contribution in [3.63, 3.8) is 0 Å². The summed E-state index contributed by atoms with van der Waals surface area (Å²) >= 11 is 0. The van der Waals surface area contributed by atoms with Crippen molar-refractivity contribution in [2.45, 2.75) is 64.5 Å². The molecule has 0 amide bonds. The number of phenolic OH excluding ortho intramolecular Hbond substituents is 1. The second-order valence-electron chi connectivity index (χ2n) is 8.42. The number of hydrogen-bond donors (Lipinski definition) is 3. The van der Waals surface area contributed by atoms with E-state index in [-0.39, 0.29) is 11.1 Å². The molecule has 2 aromatic rings. The van der Waals surface area contributed by atoms with Crippen molar-refractivity contribution >= 4 is 0 Å². The van der Waals surface area contributed by atoms with E-state index in [2.05, 4.69) is 6.07 Å². The first-order chi connectivity index (χ1) is 12.5. The van der Waals surface area contributed by atoms with Gasteiger partial charge in [-0.05, 0) is 76.6 Å². The largest absolute Gasteiger partial charge is 0.508 e. The van der Waals surface area contributed by atoms with Gasteiger partial charge in [0.05, 0.1) is 7.11 Å². The van der Waals surface area contributed by atoms with Crippen LogP contribution in [0, 0.1) is 0 Å². The van der Waals surface area contributed by atoms with Gasteiger partial charge in [0.2, 0.25) is 0 Å². The maximum Gasteiger partial charge on any atom is 0.122 e. The normalized spacial score (nSPS) is 11.5. The highest BCUT2D eigenvalue weighted by Gasteiger charge is 2.12. The molecule has 0 saturated heterocycles. The monoisotopic (exact) mass is 372 g/mol. The lowest BCUT2D eigenvalue weighted by Crippen LogP contribution is -2.32. The molecule has 2 aromatic carbocycles. The van der Waals surface area contributed by atoms with E-state index in [1.54, 1.807) is 13.2 Å². The van der Waals surface area contributed by atoms with Gasteiger partial charge in [-0.25, -0.2) is 0 Å². The van der Waals surface area contributed by atoms with E-state index in [0.29, 0.717) is 5.75 Å². The first kappa shape index (κ1) is 23.0. The molecule has 0 saturated carbocycles. The van der Waals surface area contributed by atoms with Crippen LogP contribution in [0.2, 0.25) is 0 Å². The summed E-state index contributed by atoms with van der Waals surface area (Å²) in [5, 5.41) is 9.47. The predicted molar refractivity (Wildman–Crippen MR) is 114 cm³/mol. The molecular weight excluding hydrogens is 336 g/mol. The zero-order chi connectivity index (χ0) is 20.5. The minimum Gasteiger partial charge on any atom is -0.508 e. The number of aryl methyl sites for hydroxylation is 2. The van der Waals surface area contributed by atoms with Crippen molar-refractivity contribution in [1.82, 2.24) is 0 Å². The predicted octanol–water partition coefficient (Wildman–Crippen LogP) is 4.43. The Labute approximate surface area is 164 Å². The van der Waals surface area contributed by atoms with Gasteiger partial charge in [0.25, 0.3) is 0 Å². The first-order valence-electron chi connectivity index (χ1n) is 9.48. The van der Waals surface area contributed by atoms with Gasteiger partial charge in [0, 0.05) is 11.1 Å². The molecule has 27 heavy (non-hydrogen) atoms. The van der Waals surface area contributed by atoms with Crippen molar-refractivity contribution in [1.29, 1.82) is 0 Å². The zero-order valence-corrected chi connectivity index (χ0v) is 17.5. The lowest BCUT2D eigenvalue weighted by atomic mass is 9.96. The number of phenols is 1. The average Bonchev–Trinajstić information content (AvgIpc) is 2.59. The molecule has 0 fully saturated rings. The second-order valence-corrected chi connectivity index (χ2v) is 8.42. The van der Waals surface area contributed by atoms with E-state index in [0.717, 1.165) is 37.0 Å². The van der Waals surface area contributed by atoms with E-state index in [1.165, 1.54) is 5.56 Å². The fraction of sp³-hybridized carbons (Fsp3) is 0.478. The van der Waals surface area contributed by atoms with Crippen LogP contribution in [-0.4, -0.2) is 23.3 Å². The van der Waals surface area contributed by atoms with Gasteiger partial charge in [-0.15, -0.1) is 0 Å². The minimum atomic E-state index is -0.164. The van der Waals surface area contributed by atoms with Crippen LogP contribution in [0.5, 0.6) is 11.5 Å². The van der Waals surface area contributed by atoms with Crippen molar-refractivity contribution < 1.29 is 9.84 Å². The van der Waals surface area contributed by atoms with Gasteiger partial charge in [0.15, 0.2) is 0 Å². The quantitative estimate of drug-likeness (QED) is 0.672. The van der Waals surface area contributed by atoms with Crippen LogP contribution in [0.25, 0.3) is 0 Å². The Hall–Kier alpha value is -2.04. The smallest absolute Gasteiger partial charge is 0.122 e. The molecule has 0 aliphatic carbocycles. The molecule has 0 aliphatic heterocycles. The second kappa shape index (κ2) is 10.3. The Morgan fingerprint density at radius 2 is 1.22 bits per heavy atom. The summed E-state index contributed by atoms with van der Waals surface area (Å²) in [4.78, 5) is 0. The molecule has 0 spiro atoms. The van der Waals surface area contributed by atoms with Gasteiger partial charge >= 0.3 is 0 Å². The Balaban J connectivity index is 0.000000271. The van der Waals surface area contributed by atoms with Gasteiger partial charge < -0.3 is 21.3 Å². The number of rotatable bonds is 7. The Morgan fingerprint density at radius 3 is 1.70 bits per heavy atom. The standard InChI is InChI=1S/C12H19NO.C11H17NO/c1-12(2,13)9-8-10-6-4-5-7-11(10)14-3;1-11(2,12)8-7-9-5-3-4-6-10(9)13/h4-7H,8-9,13H2,1-3H3;3-6,13H,7-8,12H2,1-2H3. The summed E-state index contributed by atoms with van der Waals surface area (Å²) in [6.07, 6.45) is 3.64. The molecule has 0 unspecified atom stereocenters. The Bertz CT molecular complexity index is 685. The molecule has 5 N–H and O–H groups in total. The van der Waals surface area contributed by atoms with Crippen LogP contribution >= 0.6 is 0 Å². The molecule has 150 valence electrons. The maximum atomic E-state index is 9.47. The average molecular weight is 373 g/mol. The van der Waals surface area contributed by atoms with E-state index in [4.69, 9.17) is 16.2 Å². The molecule has 0 bridgehead atoms.